The zero-order valence-electron chi connectivity index (χ0n) is 20.9. The van der Waals surface area contributed by atoms with Crippen molar-refractivity contribution in [3.63, 3.8) is 0 Å². The molecular formula is C26H38N4O2SSi. The summed E-state index contributed by atoms with van der Waals surface area (Å²) < 4.78 is 12.8. The second-order valence-corrected chi connectivity index (χ2v) is 16.8. The van der Waals surface area contributed by atoms with Gasteiger partial charge in [-0.1, -0.05) is 6.42 Å². The van der Waals surface area contributed by atoms with Crippen LogP contribution in [0.1, 0.15) is 74.1 Å². The molecule has 8 heteroatoms. The van der Waals surface area contributed by atoms with Crippen LogP contribution in [-0.4, -0.2) is 54.5 Å². The second-order valence-electron chi connectivity index (χ2n) is 11.3. The molecule has 1 saturated heterocycles. The van der Waals surface area contributed by atoms with Crippen LogP contribution >= 0.6 is 11.3 Å². The minimum Gasteiger partial charge on any atom is -0.474 e. The molecule has 2 aliphatic carbocycles. The highest BCUT2D eigenvalue weighted by atomic mass is 32.1. The lowest BCUT2D eigenvalue weighted by atomic mass is 9.90. The first-order valence-corrected chi connectivity index (χ1v) is 17.4. The molecule has 1 aliphatic heterocycles. The van der Waals surface area contributed by atoms with Gasteiger partial charge in [0.2, 0.25) is 5.88 Å². The monoisotopic (exact) mass is 498 g/mol. The second kappa shape index (κ2) is 10.2. The zero-order chi connectivity index (χ0) is 23.7. The zero-order valence-corrected chi connectivity index (χ0v) is 22.7. The standard InChI is InChI=1S/C26H38N4O2SSi/c1-34(2,3)32-21(16-27)15-18-7-12-22-23(18)24-25(28-17-29-26(24)33-22)31-20-10-8-19(9-11-20)30-13-5-4-6-14-30/h17-21H,4-15H2,1-3H3/t18-,19-,20-,21?/m1/s1. The van der Waals surface area contributed by atoms with Crippen molar-refractivity contribution in [1.29, 1.82) is 5.26 Å². The number of thiophene rings is 1. The van der Waals surface area contributed by atoms with Crippen molar-refractivity contribution in [1.82, 2.24) is 14.9 Å². The number of ether oxygens (including phenoxy) is 1. The molecule has 0 bridgehead atoms. The Morgan fingerprint density at radius 3 is 2.59 bits per heavy atom. The van der Waals surface area contributed by atoms with E-state index in [4.69, 9.17) is 9.16 Å². The van der Waals surface area contributed by atoms with Crippen molar-refractivity contribution < 1.29 is 9.16 Å². The largest absolute Gasteiger partial charge is 0.474 e. The fourth-order valence-corrected chi connectivity index (χ4v) is 8.38. The van der Waals surface area contributed by atoms with Crippen LogP contribution in [0.25, 0.3) is 10.2 Å². The van der Waals surface area contributed by atoms with Gasteiger partial charge in [0, 0.05) is 10.9 Å². The minimum absolute atomic E-state index is 0.233. The van der Waals surface area contributed by atoms with Crippen molar-refractivity contribution in [2.75, 3.05) is 13.1 Å². The van der Waals surface area contributed by atoms with Crippen molar-refractivity contribution >= 4 is 29.9 Å². The predicted molar refractivity (Wildman–Crippen MR) is 139 cm³/mol. The predicted octanol–water partition coefficient (Wildman–Crippen LogP) is 6.03. The molecular weight excluding hydrogens is 460 g/mol. The van der Waals surface area contributed by atoms with Gasteiger partial charge in [-0.05, 0) is 102 Å². The SMILES string of the molecule is C[Si](C)(C)OC(C#N)C[C@H]1CCc2sc3ncnc(O[C@H]4CC[C@H](N5CCCCC5)CC4)c3c21. The van der Waals surface area contributed by atoms with Crippen LogP contribution in [0.15, 0.2) is 6.33 Å². The van der Waals surface area contributed by atoms with E-state index in [1.54, 1.807) is 17.7 Å². The Balaban J connectivity index is 1.31. The van der Waals surface area contributed by atoms with Crippen LogP contribution in [-0.2, 0) is 10.8 Å². The fraction of sp³-hybridized carbons (Fsp3) is 0.731. The van der Waals surface area contributed by atoms with Gasteiger partial charge in [-0.25, -0.2) is 9.97 Å². The average molecular weight is 499 g/mol. The number of aromatic nitrogens is 2. The molecule has 2 aromatic heterocycles. The molecule has 1 unspecified atom stereocenters. The quantitative estimate of drug-likeness (QED) is 0.434. The third-order valence-corrected chi connectivity index (χ3v) is 9.83. The van der Waals surface area contributed by atoms with Crippen molar-refractivity contribution in [2.24, 2.45) is 0 Å². The lowest BCUT2D eigenvalue weighted by molar-refractivity contribution is 0.0756. The van der Waals surface area contributed by atoms with Crippen molar-refractivity contribution in [3.8, 4) is 11.9 Å². The topological polar surface area (TPSA) is 71.3 Å². The Labute approximate surface area is 208 Å². The maximum atomic E-state index is 9.75. The third-order valence-electron chi connectivity index (χ3n) is 7.66. The maximum absolute atomic E-state index is 9.75. The average Bonchev–Trinajstić information content (AvgIpc) is 3.39. The number of fused-ring (bicyclic) bond motifs is 3. The van der Waals surface area contributed by atoms with E-state index in [1.165, 1.54) is 55.6 Å². The first kappa shape index (κ1) is 24.2. The van der Waals surface area contributed by atoms with Crippen LogP contribution in [0, 0.1) is 11.3 Å². The molecule has 0 aromatic carbocycles. The number of piperidine rings is 1. The highest BCUT2D eigenvalue weighted by Gasteiger charge is 2.34. The summed E-state index contributed by atoms with van der Waals surface area (Å²) in [5.74, 6) is 1.07. The summed E-state index contributed by atoms with van der Waals surface area (Å²) in [6, 6.07) is 3.15. The molecule has 3 aliphatic rings. The van der Waals surface area contributed by atoms with Crippen LogP contribution in [0.5, 0.6) is 5.88 Å². The molecule has 2 fully saturated rings. The number of rotatable bonds is 7. The first-order chi connectivity index (χ1) is 16.4. The van der Waals surface area contributed by atoms with Crippen LogP contribution < -0.4 is 4.74 Å². The smallest absolute Gasteiger partial charge is 0.225 e. The molecule has 0 amide bonds. The molecule has 0 spiro atoms. The summed E-state index contributed by atoms with van der Waals surface area (Å²) in [7, 11) is -1.77. The molecule has 5 rings (SSSR count). The lowest BCUT2D eigenvalue weighted by Crippen LogP contribution is -2.42. The van der Waals surface area contributed by atoms with Crippen LogP contribution in [0.2, 0.25) is 19.6 Å². The number of nitrogens with zero attached hydrogens (tertiary/aromatic N) is 4. The highest BCUT2D eigenvalue weighted by molar-refractivity contribution is 7.19. The van der Waals surface area contributed by atoms with Crippen molar-refractivity contribution in [2.45, 2.75) is 108 Å². The van der Waals surface area contributed by atoms with Gasteiger partial charge in [0.15, 0.2) is 8.32 Å². The molecule has 0 radical (unpaired) electrons. The minimum atomic E-state index is -1.77. The van der Waals surface area contributed by atoms with Crippen molar-refractivity contribution in [3.05, 3.63) is 16.8 Å². The number of hydrogen-bond donors (Lipinski definition) is 0. The van der Waals surface area contributed by atoms with Crippen LogP contribution in [0.4, 0.5) is 0 Å². The Hall–Kier alpha value is -1.53. The first-order valence-electron chi connectivity index (χ1n) is 13.2. The molecule has 34 heavy (non-hydrogen) atoms. The summed E-state index contributed by atoms with van der Waals surface area (Å²) in [5, 5.41) is 10.8. The van der Waals surface area contributed by atoms with E-state index in [0.29, 0.717) is 5.92 Å². The summed E-state index contributed by atoms with van der Waals surface area (Å²) in [4.78, 5) is 14.4. The fourth-order valence-electron chi connectivity index (χ4n) is 6.15. The van der Waals surface area contributed by atoms with E-state index in [2.05, 4.69) is 40.6 Å². The van der Waals surface area contributed by atoms with E-state index in [0.717, 1.165) is 54.2 Å². The summed E-state index contributed by atoms with van der Waals surface area (Å²) >= 11 is 1.78. The molecule has 6 nitrogen and oxygen atoms in total. The van der Waals surface area contributed by atoms with Gasteiger partial charge in [0.05, 0.1) is 11.5 Å². The molecule has 2 aromatic rings. The van der Waals surface area contributed by atoms with E-state index in [9.17, 15) is 5.26 Å². The molecule has 184 valence electrons. The summed E-state index contributed by atoms with van der Waals surface area (Å²) in [6.07, 6.45) is 13.2. The highest BCUT2D eigenvalue weighted by Crippen LogP contribution is 2.48. The molecule has 2 atom stereocenters. The van der Waals surface area contributed by atoms with E-state index < -0.39 is 8.32 Å². The molecule has 1 saturated carbocycles. The lowest BCUT2D eigenvalue weighted by Gasteiger charge is -2.38. The Bertz CT molecular complexity index is 1030. The van der Waals surface area contributed by atoms with E-state index in [1.807, 2.05) is 0 Å². The van der Waals surface area contributed by atoms with Gasteiger partial charge >= 0.3 is 0 Å². The molecule has 0 N–H and O–H groups in total. The van der Waals surface area contributed by atoms with Gasteiger partial charge < -0.3 is 14.1 Å². The van der Waals surface area contributed by atoms with Gasteiger partial charge in [0.25, 0.3) is 0 Å². The van der Waals surface area contributed by atoms with Gasteiger partial charge in [0.1, 0.15) is 23.4 Å². The number of nitriles is 1. The van der Waals surface area contributed by atoms with E-state index in [-0.39, 0.29) is 12.2 Å². The van der Waals surface area contributed by atoms with Gasteiger partial charge in [-0.2, -0.15) is 5.26 Å². The van der Waals surface area contributed by atoms with E-state index >= 15 is 0 Å². The Morgan fingerprint density at radius 1 is 1.12 bits per heavy atom. The third kappa shape index (κ3) is 5.33. The normalized spacial score (nSPS) is 26.8. The van der Waals surface area contributed by atoms with Gasteiger partial charge in [-0.15, -0.1) is 11.3 Å². The molecule has 3 heterocycles. The Kier molecular flexibility index (Phi) is 7.26. The Morgan fingerprint density at radius 2 is 1.88 bits per heavy atom. The maximum Gasteiger partial charge on any atom is 0.225 e. The number of hydrogen-bond acceptors (Lipinski definition) is 7. The van der Waals surface area contributed by atoms with Gasteiger partial charge in [-0.3, -0.25) is 0 Å². The summed E-state index contributed by atoms with van der Waals surface area (Å²) in [5.41, 5.74) is 1.33. The number of likely N-dealkylation sites (tertiary alicyclic amines) is 1. The number of aryl methyl sites for hydroxylation is 1. The van der Waals surface area contributed by atoms with Crippen LogP contribution in [0.3, 0.4) is 0 Å². The summed E-state index contributed by atoms with van der Waals surface area (Å²) in [6.45, 7) is 9.00.